The fourth-order valence-corrected chi connectivity index (χ4v) is 3.59. The molecular weight excluding hydrogens is 298 g/mol. The Balaban J connectivity index is 1.93. The predicted octanol–water partition coefficient (Wildman–Crippen LogP) is 6.21. The van der Waals surface area contributed by atoms with Gasteiger partial charge in [0.1, 0.15) is 0 Å². The van der Waals surface area contributed by atoms with Crippen molar-refractivity contribution in [2.45, 2.75) is 64.7 Å². The molecule has 0 aromatic heterocycles. The quantitative estimate of drug-likeness (QED) is 0.604. The molecule has 2 rings (SSSR count). The molecule has 1 aliphatic carbocycles. The molecule has 3 heteroatoms. The van der Waals surface area contributed by atoms with Crippen LogP contribution in [0.15, 0.2) is 36.4 Å². The molecule has 0 saturated heterocycles. The number of anilines is 1. The van der Waals surface area contributed by atoms with E-state index in [1.54, 1.807) is 0 Å². The number of benzene rings is 1. The van der Waals surface area contributed by atoms with Gasteiger partial charge in [0.2, 0.25) is 0 Å². The number of unbranched alkanes of at least 4 members (excludes halogenated alkanes) is 1. The molecule has 1 aromatic rings. The van der Waals surface area contributed by atoms with Crippen LogP contribution >= 0.6 is 0 Å². The molecular formula is C21H31NO2. The molecule has 0 atom stereocenters. The molecule has 0 radical (unpaired) electrons. The molecule has 1 saturated carbocycles. The van der Waals surface area contributed by atoms with Crippen molar-refractivity contribution in [1.82, 2.24) is 0 Å². The maximum absolute atomic E-state index is 11.3. The minimum absolute atomic E-state index is 0.546. The Hall–Kier alpha value is -1.77. The lowest BCUT2D eigenvalue weighted by molar-refractivity contribution is 0.202. The van der Waals surface area contributed by atoms with E-state index in [1.807, 2.05) is 19.1 Å². The molecule has 0 unspecified atom stereocenters. The highest BCUT2D eigenvalue weighted by Crippen LogP contribution is 2.36. The van der Waals surface area contributed by atoms with Gasteiger partial charge in [-0.1, -0.05) is 44.6 Å². The SMILES string of the molecule is CCC/C=C/[C@H]1CC[C@H](c2ccc(N(CCC)C(=O)O)cc2)CC1. The zero-order valence-corrected chi connectivity index (χ0v) is 15.1. The summed E-state index contributed by atoms with van der Waals surface area (Å²) in [6.45, 7) is 4.76. The number of carbonyl (C=O) groups is 1. The first-order valence-corrected chi connectivity index (χ1v) is 9.42. The molecule has 1 N–H and O–H groups in total. The van der Waals surface area contributed by atoms with Gasteiger partial charge < -0.3 is 5.11 Å². The van der Waals surface area contributed by atoms with E-state index < -0.39 is 6.09 Å². The maximum atomic E-state index is 11.3. The van der Waals surface area contributed by atoms with Crippen LogP contribution in [0, 0.1) is 5.92 Å². The van der Waals surface area contributed by atoms with E-state index in [0.29, 0.717) is 12.5 Å². The van der Waals surface area contributed by atoms with Crippen LogP contribution in [-0.4, -0.2) is 17.7 Å². The van der Waals surface area contributed by atoms with Gasteiger partial charge in [-0.3, -0.25) is 4.90 Å². The van der Waals surface area contributed by atoms with Gasteiger partial charge in [0, 0.05) is 12.2 Å². The summed E-state index contributed by atoms with van der Waals surface area (Å²) in [5.41, 5.74) is 2.14. The van der Waals surface area contributed by atoms with Crippen LogP contribution in [0.5, 0.6) is 0 Å². The van der Waals surface area contributed by atoms with Crippen molar-refractivity contribution in [3.05, 3.63) is 42.0 Å². The molecule has 0 aliphatic heterocycles. The van der Waals surface area contributed by atoms with Gasteiger partial charge in [0.25, 0.3) is 0 Å². The van der Waals surface area contributed by atoms with Crippen LogP contribution in [0.3, 0.4) is 0 Å². The number of allylic oxidation sites excluding steroid dienone is 2. The summed E-state index contributed by atoms with van der Waals surface area (Å²) < 4.78 is 0. The van der Waals surface area contributed by atoms with Gasteiger partial charge in [0.05, 0.1) is 0 Å². The third-order valence-corrected chi connectivity index (χ3v) is 4.99. The third kappa shape index (κ3) is 5.12. The fraction of sp³-hybridized carbons (Fsp3) is 0.571. The number of carboxylic acid groups (broad SMARTS) is 1. The van der Waals surface area contributed by atoms with Crippen molar-refractivity contribution in [2.75, 3.05) is 11.4 Å². The van der Waals surface area contributed by atoms with E-state index in [2.05, 4.69) is 31.2 Å². The van der Waals surface area contributed by atoms with Gasteiger partial charge in [-0.25, -0.2) is 4.79 Å². The topological polar surface area (TPSA) is 40.5 Å². The summed E-state index contributed by atoms with van der Waals surface area (Å²) in [5, 5.41) is 9.31. The molecule has 1 fully saturated rings. The van der Waals surface area contributed by atoms with E-state index in [1.165, 1.54) is 49.0 Å². The van der Waals surface area contributed by atoms with Gasteiger partial charge >= 0.3 is 6.09 Å². The van der Waals surface area contributed by atoms with Gasteiger partial charge in [-0.15, -0.1) is 0 Å². The average Bonchev–Trinajstić information content (AvgIpc) is 2.60. The van der Waals surface area contributed by atoms with Gasteiger partial charge in [0.15, 0.2) is 0 Å². The molecule has 3 nitrogen and oxygen atoms in total. The molecule has 1 aromatic carbocycles. The molecule has 0 bridgehead atoms. The first-order valence-electron chi connectivity index (χ1n) is 9.42. The smallest absolute Gasteiger partial charge is 0.411 e. The highest BCUT2D eigenvalue weighted by molar-refractivity contribution is 5.85. The Morgan fingerprint density at radius 3 is 2.33 bits per heavy atom. The van der Waals surface area contributed by atoms with Gasteiger partial charge in [-0.2, -0.15) is 0 Å². The van der Waals surface area contributed by atoms with Crippen molar-refractivity contribution in [2.24, 2.45) is 5.92 Å². The van der Waals surface area contributed by atoms with Crippen molar-refractivity contribution in [1.29, 1.82) is 0 Å². The molecule has 132 valence electrons. The maximum Gasteiger partial charge on any atom is 0.411 e. The predicted molar refractivity (Wildman–Crippen MR) is 101 cm³/mol. The van der Waals surface area contributed by atoms with E-state index in [4.69, 9.17) is 0 Å². The number of nitrogens with zero attached hydrogens (tertiary/aromatic N) is 1. The Labute approximate surface area is 146 Å². The van der Waals surface area contributed by atoms with Crippen molar-refractivity contribution in [3.63, 3.8) is 0 Å². The fourth-order valence-electron chi connectivity index (χ4n) is 3.59. The van der Waals surface area contributed by atoms with Crippen molar-refractivity contribution >= 4 is 11.8 Å². The second-order valence-corrected chi connectivity index (χ2v) is 6.85. The van der Waals surface area contributed by atoms with Crippen molar-refractivity contribution < 1.29 is 9.90 Å². The Morgan fingerprint density at radius 1 is 1.12 bits per heavy atom. The second-order valence-electron chi connectivity index (χ2n) is 6.85. The summed E-state index contributed by atoms with van der Waals surface area (Å²) in [7, 11) is 0. The molecule has 1 amide bonds. The summed E-state index contributed by atoms with van der Waals surface area (Å²) in [5.74, 6) is 1.37. The molecule has 0 heterocycles. The lowest BCUT2D eigenvalue weighted by Crippen LogP contribution is -2.29. The Kier molecular flexibility index (Phi) is 7.36. The standard InChI is InChI=1S/C21H31NO2/c1-3-5-6-7-17-8-10-18(11-9-17)19-12-14-20(15-13-19)22(16-4-2)21(23)24/h6-7,12-15,17-18H,3-5,8-11,16H2,1-2H3,(H,23,24)/b7-6+/t17-,18-. The minimum atomic E-state index is -0.871. The lowest BCUT2D eigenvalue weighted by Gasteiger charge is -2.27. The van der Waals surface area contributed by atoms with Crippen LogP contribution in [0.25, 0.3) is 0 Å². The van der Waals surface area contributed by atoms with Crippen LogP contribution < -0.4 is 4.90 Å². The zero-order chi connectivity index (χ0) is 17.4. The average molecular weight is 329 g/mol. The van der Waals surface area contributed by atoms with Gasteiger partial charge in [-0.05, 0) is 68.1 Å². The van der Waals surface area contributed by atoms with E-state index in [9.17, 15) is 9.90 Å². The largest absolute Gasteiger partial charge is 0.465 e. The number of hydrogen-bond donors (Lipinski definition) is 1. The lowest BCUT2D eigenvalue weighted by atomic mass is 9.78. The number of hydrogen-bond acceptors (Lipinski definition) is 1. The van der Waals surface area contributed by atoms with Crippen LogP contribution in [0.1, 0.15) is 70.3 Å². The highest BCUT2D eigenvalue weighted by atomic mass is 16.4. The summed E-state index contributed by atoms with van der Waals surface area (Å²) in [6, 6.07) is 8.18. The van der Waals surface area contributed by atoms with Crippen molar-refractivity contribution in [3.8, 4) is 0 Å². The van der Waals surface area contributed by atoms with E-state index >= 15 is 0 Å². The van der Waals surface area contributed by atoms with E-state index in [-0.39, 0.29) is 0 Å². The molecule has 0 spiro atoms. The van der Waals surface area contributed by atoms with Crippen LogP contribution in [0.4, 0.5) is 10.5 Å². The van der Waals surface area contributed by atoms with Crippen LogP contribution in [0.2, 0.25) is 0 Å². The van der Waals surface area contributed by atoms with Crippen LogP contribution in [-0.2, 0) is 0 Å². The summed E-state index contributed by atoms with van der Waals surface area (Å²) >= 11 is 0. The normalized spacial score (nSPS) is 21.1. The highest BCUT2D eigenvalue weighted by Gasteiger charge is 2.21. The first kappa shape index (κ1) is 18.6. The number of amides is 1. The molecule has 24 heavy (non-hydrogen) atoms. The summed E-state index contributed by atoms with van der Waals surface area (Å²) in [4.78, 5) is 12.8. The second kappa shape index (κ2) is 9.51. The third-order valence-electron chi connectivity index (χ3n) is 4.99. The zero-order valence-electron chi connectivity index (χ0n) is 15.1. The minimum Gasteiger partial charge on any atom is -0.465 e. The van der Waals surface area contributed by atoms with E-state index in [0.717, 1.165) is 18.0 Å². The summed E-state index contributed by atoms with van der Waals surface area (Å²) in [6.07, 6.45) is 12.1. The Bertz CT molecular complexity index is 527. The first-order chi connectivity index (χ1) is 11.7. The Morgan fingerprint density at radius 2 is 1.79 bits per heavy atom. The monoisotopic (exact) mass is 329 g/mol. The molecule has 1 aliphatic rings. The number of rotatable bonds is 7.